The molecular weight excluding hydrogens is 581 g/mol. The van der Waals surface area contributed by atoms with Crippen molar-refractivity contribution >= 4 is 77.2 Å². The van der Waals surface area contributed by atoms with Crippen molar-refractivity contribution in [3.05, 3.63) is 181 Å². The number of hydrogen-bond acceptors (Lipinski definition) is 2. The molecule has 2 heteroatoms. The van der Waals surface area contributed by atoms with E-state index in [0.717, 1.165) is 22.7 Å². The van der Waals surface area contributed by atoms with Crippen molar-refractivity contribution in [2.45, 2.75) is 13.8 Å². The summed E-state index contributed by atoms with van der Waals surface area (Å²) in [4.78, 5) is 4.84. The Hall–Kier alpha value is -6.12. The molecule has 0 saturated carbocycles. The molecule has 228 valence electrons. The van der Waals surface area contributed by atoms with Gasteiger partial charge in [-0.25, -0.2) is 0 Å². The Morgan fingerprint density at radius 3 is 1.17 bits per heavy atom. The first-order chi connectivity index (χ1) is 23.7. The molecule has 0 N–H and O–H groups in total. The van der Waals surface area contributed by atoms with E-state index in [1.165, 1.54) is 65.6 Å². The molecule has 0 aliphatic carbocycles. The molecule has 9 rings (SSSR count). The number of hydrogen-bond donors (Lipinski definition) is 0. The van der Waals surface area contributed by atoms with Crippen molar-refractivity contribution in [3.63, 3.8) is 0 Å². The van der Waals surface area contributed by atoms with Crippen LogP contribution in [0.1, 0.15) is 11.1 Å². The number of fused-ring (bicyclic) bond motifs is 3. The van der Waals surface area contributed by atoms with Crippen molar-refractivity contribution in [3.8, 4) is 0 Å². The molecule has 9 aromatic rings. The molecule has 0 amide bonds. The second kappa shape index (κ2) is 11.3. The van der Waals surface area contributed by atoms with Crippen LogP contribution in [0, 0.1) is 13.8 Å². The van der Waals surface area contributed by atoms with Gasteiger partial charge < -0.3 is 9.80 Å². The van der Waals surface area contributed by atoms with E-state index in [9.17, 15) is 0 Å². The van der Waals surface area contributed by atoms with Crippen LogP contribution < -0.4 is 9.80 Å². The Kier molecular flexibility index (Phi) is 6.62. The number of anilines is 6. The van der Waals surface area contributed by atoms with Gasteiger partial charge in [-0.05, 0) is 107 Å². The molecule has 0 aliphatic heterocycles. The van der Waals surface area contributed by atoms with E-state index in [-0.39, 0.29) is 0 Å². The standard InChI is InChI=1S/C46H34N2/c1-31-29-42(48(35-21-11-5-12-22-35)36-23-13-6-14-24-36)44-39-26-16-15-25-38(39)43-32(2)30-41(40-28-27-37(31)45(44)46(40)43)47(33-17-7-3-8-18-33)34-19-9-4-10-20-34/h3-30H,1-2H3. The Balaban J connectivity index is 1.47. The van der Waals surface area contributed by atoms with E-state index >= 15 is 0 Å². The fraction of sp³-hybridized carbons (Fsp3) is 0.0435. The highest BCUT2D eigenvalue weighted by molar-refractivity contribution is 6.38. The van der Waals surface area contributed by atoms with Crippen LogP contribution >= 0.6 is 0 Å². The summed E-state index contributed by atoms with van der Waals surface area (Å²) in [5.41, 5.74) is 9.45. The summed E-state index contributed by atoms with van der Waals surface area (Å²) in [7, 11) is 0. The summed E-state index contributed by atoms with van der Waals surface area (Å²) in [5.74, 6) is 0. The number of rotatable bonds is 6. The van der Waals surface area contributed by atoms with Gasteiger partial charge in [0.05, 0.1) is 11.4 Å². The molecule has 9 aromatic carbocycles. The number of nitrogens with zero attached hydrogens (tertiary/aromatic N) is 2. The van der Waals surface area contributed by atoms with Crippen LogP contribution in [-0.2, 0) is 0 Å². The lowest BCUT2D eigenvalue weighted by Crippen LogP contribution is -2.12. The topological polar surface area (TPSA) is 6.48 Å². The van der Waals surface area contributed by atoms with Crippen LogP contribution in [0.5, 0.6) is 0 Å². The highest BCUT2D eigenvalue weighted by Crippen LogP contribution is 2.52. The monoisotopic (exact) mass is 614 g/mol. The Bertz CT molecular complexity index is 2480. The highest BCUT2D eigenvalue weighted by Gasteiger charge is 2.25. The smallest absolute Gasteiger partial charge is 0.0549 e. The van der Waals surface area contributed by atoms with Crippen molar-refractivity contribution in [1.82, 2.24) is 0 Å². The normalized spacial score (nSPS) is 11.5. The summed E-state index contributed by atoms with van der Waals surface area (Å²) in [6.45, 7) is 4.55. The van der Waals surface area contributed by atoms with Crippen LogP contribution in [0.15, 0.2) is 170 Å². The Morgan fingerprint density at radius 2 is 0.667 bits per heavy atom. The van der Waals surface area contributed by atoms with Gasteiger partial charge in [-0.3, -0.25) is 0 Å². The van der Waals surface area contributed by atoms with Gasteiger partial charge in [0.1, 0.15) is 0 Å². The fourth-order valence-corrected chi connectivity index (χ4v) is 7.76. The SMILES string of the molecule is Cc1cc(N(c2ccccc2)c2ccccc2)c2c3ccccc3c3c(C)cc(N(c4ccccc4)c4ccccc4)c4ccc1c2c43. The molecular formula is C46H34N2. The van der Waals surface area contributed by atoms with Gasteiger partial charge >= 0.3 is 0 Å². The second-order valence-electron chi connectivity index (χ2n) is 12.6. The fourth-order valence-electron chi connectivity index (χ4n) is 7.76. The van der Waals surface area contributed by atoms with E-state index < -0.39 is 0 Å². The summed E-state index contributed by atoms with van der Waals surface area (Å²) in [6, 6.07) is 61.5. The van der Waals surface area contributed by atoms with Gasteiger partial charge in [0.15, 0.2) is 0 Å². The van der Waals surface area contributed by atoms with Crippen molar-refractivity contribution < 1.29 is 0 Å². The third kappa shape index (κ3) is 4.34. The van der Waals surface area contributed by atoms with Gasteiger partial charge in [-0.1, -0.05) is 109 Å². The quantitative estimate of drug-likeness (QED) is 0.136. The van der Waals surface area contributed by atoms with Crippen LogP contribution in [0.3, 0.4) is 0 Å². The Morgan fingerprint density at radius 1 is 0.292 bits per heavy atom. The molecule has 0 unspecified atom stereocenters. The van der Waals surface area contributed by atoms with Gasteiger partial charge in [-0.15, -0.1) is 0 Å². The van der Waals surface area contributed by atoms with E-state index in [1.54, 1.807) is 0 Å². The molecule has 0 spiro atoms. The van der Waals surface area contributed by atoms with E-state index in [4.69, 9.17) is 0 Å². The average molecular weight is 615 g/mol. The maximum absolute atomic E-state index is 2.43. The first kappa shape index (κ1) is 28.1. The molecule has 48 heavy (non-hydrogen) atoms. The predicted octanol–water partition coefficient (Wildman–Crippen LogP) is 13.3. The third-order valence-electron chi connectivity index (χ3n) is 9.77. The van der Waals surface area contributed by atoms with Gasteiger partial charge in [0.25, 0.3) is 0 Å². The number of para-hydroxylation sites is 4. The maximum Gasteiger partial charge on any atom is 0.0549 e. The lowest BCUT2D eigenvalue weighted by molar-refractivity contribution is 1.29. The molecule has 0 bridgehead atoms. The molecule has 0 atom stereocenters. The maximum atomic E-state index is 2.43. The first-order valence-corrected chi connectivity index (χ1v) is 16.6. The van der Waals surface area contributed by atoms with Crippen molar-refractivity contribution in [2.24, 2.45) is 0 Å². The molecule has 0 aliphatic rings. The molecule has 0 heterocycles. The molecule has 0 fully saturated rings. The van der Waals surface area contributed by atoms with Crippen molar-refractivity contribution in [2.75, 3.05) is 9.80 Å². The zero-order chi connectivity index (χ0) is 32.2. The minimum absolute atomic E-state index is 1.14. The Labute approximate surface area is 281 Å². The second-order valence-corrected chi connectivity index (χ2v) is 12.6. The zero-order valence-corrected chi connectivity index (χ0v) is 27.1. The van der Waals surface area contributed by atoms with Gasteiger partial charge in [-0.2, -0.15) is 0 Å². The van der Waals surface area contributed by atoms with Gasteiger partial charge in [0, 0.05) is 44.3 Å². The zero-order valence-electron chi connectivity index (χ0n) is 27.1. The minimum Gasteiger partial charge on any atom is -0.310 e. The van der Waals surface area contributed by atoms with E-state index in [2.05, 4.69) is 194 Å². The van der Waals surface area contributed by atoms with Crippen LogP contribution in [0.25, 0.3) is 43.1 Å². The van der Waals surface area contributed by atoms with E-state index in [0.29, 0.717) is 0 Å². The largest absolute Gasteiger partial charge is 0.310 e. The lowest BCUT2D eigenvalue weighted by Gasteiger charge is -2.31. The van der Waals surface area contributed by atoms with Crippen molar-refractivity contribution in [1.29, 1.82) is 0 Å². The predicted molar refractivity (Wildman–Crippen MR) is 206 cm³/mol. The van der Waals surface area contributed by atoms with Crippen LogP contribution in [0.2, 0.25) is 0 Å². The summed E-state index contributed by atoms with van der Waals surface area (Å²) in [6.07, 6.45) is 0. The first-order valence-electron chi connectivity index (χ1n) is 16.6. The molecule has 0 aromatic heterocycles. The number of benzene rings is 9. The average Bonchev–Trinajstić information content (AvgIpc) is 3.14. The minimum atomic E-state index is 1.14. The van der Waals surface area contributed by atoms with E-state index in [1.807, 2.05) is 0 Å². The highest BCUT2D eigenvalue weighted by atomic mass is 15.1. The van der Waals surface area contributed by atoms with Crippen LogP contribution in [-0.4, -0.2) is 0 Å². The molecule has 0 radical (unpaired) electrons. The lowest BCUT2D eigenvalue weighted by atomic mass is 9.84. The molecule has 2 nitrogen and oxygen atoms in total. The van der Waals surface area contributed by atoms with Gasteiger partial charge in [0.2, 0.25) is 0 Å². The summed E-state index contributed by atoms with van der Waals surface area (Å²) in [5, 5.41) is 10.3. The number of aryl methyl sites for hydroxylation is 2. The summed E-state index contributed by atoms with van der Waals surface area (Å²) < 4.78 is 0. The molecule has 0 saturated heterocycles. The summed E-state index contributed by atoms with van der Waals surface area (Å²) >= 11 is 0. The third-order valence-corrected chi connectivity index (χ3v) is 9.77. The van der Waals surface area contributed by atoms with Crippen LogP contribution in [0.4, 0.5) is 34.1 Å².